The number of aromatic nitrogens is 2. The number of anilines is 1. The normalized spacial score (nSPS) is 14.7. The van der Waals surface area contributed by atoms with Crippen LogP contribution in [0, 0.1) is 5.82 Å². The molecule has 0 unspecified atom stereocenters. The first-order valence-corrected chi connectivity index (χ1v) is 14.2. The molecule has 1 aliphatic rings. The van der Waals surface area contributed by atoms with Crippen molar-refractivity contribution >= 4 is 38.5 Å². The number of hydrogen-bond donors (Lipinski definition) is 4. The average Bonchev–Trinajstić information content (AvgIpc) is 3.67. The summed E-state index contributed by atoms with van der Waals surface area (Å²) in [7, 11) is 0. The van der Waals surface area contributed by atoms with E-state index in [0.29, 0.717) is 21.4 Å². The Morgan fingerprint density at radius 3 is 2.47 bits per heavy atom. The zero-order valence-electron chi connectivity index (χ0n) is 22.8. The number of halogens is 4. The summed E-state index contributed by atoms with van der Waals surface area (Å²) in [5, 5.41) is 17.3. The third kappa shape index (κ3) is 6.54. The standard InChI is InChI=1S/C29H27F4N5O4S/c1-2-42-25-17(13-23(34)39)12-22(38-24(25)15-3-6-18(30)7-4-15)28(41,29(31,32)33)14-35-26(40)16-5-10-20-21(11-16)43-27(37-20)36-19-8-9-19/h3-7,10-12,19,41H,2,8-9,13-14H2,1H3,(H2,34,39)(H,35,40)(H,36,37)/t28-/m0/s1. The minimum atomic E-state index is -5.32. The lowest BCUT2D eigenvalue weighted by Crippen LogP contribution is -2.51. The van der Waals surface area contributed by atoms with Gasteiger partial charge in [-0.15, -0.1) is 0 Å². The smallest absolute Gasteiger partial charge is 0.424 e. The topological polar surface area (TPSA) is 139 Å². The first-order valence-electron chi connectivity index (χ1n) is 13.3. The molecule has 2 aromatic carbocycles. The number of alkyl halides is 3. The van der Waals surface area contributed by atoms with Crippen LogP contribution >= 0.6 is 11.3 Å². The minimum Gasteiger partial charge on any atom is -0.491 e. The van der Waals surface area contributed by atoms with Gasteiger partial charge in [-0.1, -0.05) is 11.3 Å². The Bertz CT molecular complexity index is 1670. The van der Waals surface area contributed by atoms with Gasteiger partial charge in [0.25, 0.3) is 5.91 Å². The molecule has 1 aliphatic carbocycles. The molecule has 0 spiro atoms. The maximum atomic E-state index is 14.6. The Balaban J connectivity index is 1.50. The second-order valence-corrected chi connectivity index (χ2v) is 11.1. The Morgan fingerprint density at radius 1 is 1.12 bits per heavy atom. The van der Waals surface area contributed by atoms with E-state index in [9.17, 15) is 32.3 Å². The number of nitrogens with two attached hydrogens (primary N) is 1. The molecule has 14 heteroatoms. The van der Waals surface area contributed by atoms with Crippen LogP contribution in [0.2, 0.25) is 0 Å². The number of fused-ring (bicyclic) bond motifs is 1. The molecule has 2 heterocycles. The molecular formula is C29H27F4N5O4S. The molecule has 9 nitrogen and oxygen atoms in total. The molecular weight excluding hydrogens is 590 g/mol. The Labute approximate surface area is 247 Å². The van der Waals surface area contributed by atoms with Crippen LogP contribution in [0.1, 0.15) is 41.4 Å². The van der Waals surface area contributed by atoms with E-state index in [1.165, 1.54) is 35.6 Å². The van der Waals surface area contributed by atoms with Gasteiger partial charge in [0.1, 0.15) is 17.3 Å². The summed E-state index contributed by atoms with van der Waals surface area (Å²) in [6, 6.07) is 10.5. The number of ether oxygens (including phenoxy) is 1. The number of amides is 2. The second kappa shape index (κ2) is 11.8. The van der Waals surface area contributed by atoms with E-state index in [1.54, 1.807) is 13.0 Å². The van der Waals surface area contributed by atoms with Gasteiger partial charge in [0, 0.05) is 22.7 Å². The van der Waals surface area contributed by atoms with Gasteiger partial charge in [-0.2, -0.15) is 13.2 Å². The number of primary amides is 1. The van der Waals surface area contributed by atoms with Gasteiger partial charge in [-0.3, -0.25) is 9.59 Å². The monoisotopic (exact) mass is 617 g/mol. The van der Waals surface area contributed by atoms with Crippen LogP contribution in [0.3, 0.4) is 0 Å². The van der Waals surface area contributed by atoms with Crippen LogP contribution in [-0.4, -0.2) is 52.3 Å². The molecule has 2 amide bonds. The largest absolute Gasteiger partial charge is 0.491 e. The number of carbonyl (C=O) groups excluding carboxylic acids is 2. The summed E-state index contributed by atoms with van der Waals surface area (Å²) < 4.78 is 63.6. The van der Waals surface area contributed by atoms with Crippen molar-refractivity contribution in [3.63, 3.8) is 0 Å². The highest BCUT2D eigenvalue weighted by atomic mass is 32.1. The number of pyridine rings is 1. The quantitative estimate of drug-likeness (QED) is 0.179. The van der Waals surface area contributed by atoms with E-state index in [0.717, 1.165) is 31.0 Å². The van der Waals surface area contributed by atoms with Crippen molar-refractivity contribution in [1.82, 2.24) is 15.3 Å². The Hall–Kier alpha value is -4.30. The van der Waals surface area contributed by atoms with Gasteiger partial charge in [0.05, 0.1) is 35.5 Å². The SMILES string of the molecule is CCOc1c(CC(N)=O)cc([C@@](O)(CNC(=O)c2ccc3nc(NC4CC4)sc3c2)C(F)(F)F)nc1-c1ccc(F)cc1. The van der Waals surface area contributed by atoms with Gasteiger partial charge in [-0.05, 0) is 68.3 Å². The zero-order chi connectivity index (χ0) is 30.9. The highest BCUT2D eigenvalue weighted by Gasteiger charge is 2.56. The van der Waals surface area contributed by atoms with Crippen molar-refractivity contribution in [2.45, 2.75) is 44.0 Å². The predicted octanol–water partition coefficient (Wildman–Crippen LogP) is 4.68. The first kappa shape index (κ1) is 30.2. The molecule has 0 saturated heterocycles. The first-order chi connectivity index (χ1) is 20.4. The number of hydrogen-bond acceptors (Lipinski definition) is 8. The molecule has 0 aliphatic heterocycles. The van der Waals surface area contributed by atoms with Gasteiger partial charge < -0.3 is 26.2 Å². The molecule has 43 heavy (non-hydrogen) atoms. The van der Waals surface area contributed by atoms with Gasteiger partial charge in [-0.25, -0.2) is 14.4 Å². The van der Waals surface area contributed by atoms with Gasteiger partial charge in [0.15, 0.2) is 5.13 Å². The lowest BCUT2D eigenvalue weighted by Gasteiger charge is -2.31. The molecule has 1 fully saturated rings. The fraction of sp³-hybridized carbons (Fsp3) is 0.310. The average molecular weight is 618 g/mol. The van der Waals surface area contributed by atoms with Crippen LogP contribution in [0.15, 0.2) is 48.5 Å². The fourth-order valence-corrected chi connectivity index (χ4v) is 5.38. The molecule has 1 atom stereocenters. The highest BCUT2D eigenvalue weighted by Crippen LogP contribution is 2.42. The number of nitrogens with one attached hydrogen (secondary N) is 2. The van der Waals surface area contributed by atoms with E-state index in [4.69, 9.17) is 10.5 Å². The lowest BCUT2D eigenvalue weighted by atomic mass is 9.93. The van der Waals surface area contributed by atoms with Crippen molar-refractivity contribution in [3.05, 3.63) is 71.2 Å². The van der Waals surface area contributed by atoms with Gasteiger partial charge in [0.2, 0.25) is 11.5 Å². The van der Waals surface area contributed by atoms with E-state index in [1.807, 2.05) is 0 Å². The summed E-state index contributed by atoms with van der Waals surface area (Å²) >= 11 is 1.32. The Morgan fingerprint density at radius 2 is 1.84 bits per heavy atom. The van der Waals surface area contributed by atoms with Crippen LogP contribution in [0.25, 0.3) is 21.5 Å². The molecule has 0 radical (unpaired) electrons. The molecule has 1 saturated carbocycles. The van der Waals surface area contributed by atoms with Crippen molar-refractivity contribution in [2.75, 3.05) is 18.5 Å². The van der Waals surface area contributed by atoms with E-state index in [-0.39, 0.29) is 34.7 Å². The van der Waals surface area contributed by atoms with Crippen molar-refractivity contribution in [2.24, 2.45) is 5.73 Å². The number of aliphatic hydroxyl groups is 1. The van der Waals surface area contributed by atoms with E-state index < -0.39 is 48.1 Å². The van der Waals surface area contributed by atoms with Crippen molar-refractivity contribution in [1.29, 1.82) is 0 Å². The highest BCUT2D eigenvalue weighted by molar-refractivity contribution is 7.22. The molecule has 5 rings (SSSR count). The molecule has 2 aromatic heterocycles. The zero-order valence-corrected chi connectivity index (χ0v) is 23.6. The maximum Gasteiger partial charge on any atom is 0.424 e. The third-order valence-corrected chi connectivity index (χ3v) is 7.72. The molecule has 4 aromatic rings. The fourth-order valence-electron chi connectivity index (χ4n) is 4.40. The summed E-state index contributed by atoms with van der Waals surface area (Å²) in [4.78, 5) is 33.4. The van der Waals surface area contributed by atoms with Crippen LogP contribution in [0.4, 0.5) is 22.7 Å². The number of rotatable bonds is 11. The summed E-state index contributed by atoms with van der Waals surface area (Å²) in [5.41, 5.74) is 1.38. The van der Waals surface area contributed by atoms with Crippen LogP contribution in [-0.2, 0) is 16.8 Å². The van der Waals surface area contributed by atoms with Crippen molar-refractivity contribution in [3.8, 4) is 17.0 Å². The lowest BCUT2D eigenvalue weighted by molar-refractivity contribution is -0.265. The molecule has 5 N–H and O–H groups in total. The van der Waals surface area contributed by atoms with E-state index in [2.05, 4.69) is 20.6 Å². The predicted molar refractivity (Wildman–Crippen MR) is 152 cm³/mol. The number of benzene rings is 2. The second-order valence-electron chi connectivity index (χ2n) is 10.1. The number of carbonyl (C=O) groups is 2. The summed E-state index contributed by atoms with van der Waals surface area (Å²) in [6.45, 7) is 0.374. The number of nitrogens with zero attached hydrogens (tertiary/aromatic N) is 2. The number of thiazole rings is 1. The molecule has 0 bridgehead atoms. The van der Waals surface area contributed by atoms with Crippen LogP contribution in [0.5, 0.6) is 5.75 Å². The summed E-state index contributed by atoms with van der Waals surface area (Å²) in [5.74, 6) is -2.38. The minimum absolute atomic E-state index is 0.0429. The Kier molecular flexibility index (Phi) is 8.25. The van der Waals surface area contributed by atoms with Crippen LogP contribution < -0.4 is 21.1 Å². The van der Waals surface area contributed by atoms with Gasteiger partial charge >= 0.3 is 6.18 Å². The molecule has 226 valence electrons. The van der Waals surface area contributed by atoms with E-state index >= 15 is 0 Å². The van der Waals surface area contributed by atoms with Crippen molar-refractivity contribution < 1.29 is 37.0 Å². The maximum absolute atomic E-state index is 14.6. The third-order valence-electron chi connectivity index (χ3n) is 6.77. The summed E-state index contributed by atoms with van der Waals surface area (Å²) in [6.07, 6.45) is -3.77.